The van der Waals surface area contributed by atoms with Crippen molar-refractivity contribution in [3.8, 4) is 0 Å². The molecule has 3 N–H and O–H groups in total. The maximum atomic E-state index is 11.4. The van der Waals surface area contributed by atoms with Crippen LogP contribution < -0.4 is 11.1 Å². The minimum atomic E-state index is 0.122. The van der Waals surface area contributed by atoms with Gasteiger partial charge in [0.15, 0.2) is 0 Å². The summed E-state index contributed by atoms with van der Waals surface area (Å²) in [6, 6.07) is 0.492. The molecule has 4 nitrogen and oxygen atoms in total. The van der Waals surface area contributed by atoms with Crippen LogP contribution in [0.15, 0.2) is 0 Å². The summed E-state index contributed by atoms with van der Waals surface area (Å²) in [5.74, 6) is 0.691. The highest BCUT2D eigenvalue weighted by molar-refractivity contribution is 5.78. The monoisotopic (exact) mass is 199 g/mol. The highest BCUT2D eigenvalue weighted by Gasteiger charge is 2.28. The van der Waals surface area contributed by atoms with Gasteiger partial charge in [-0.15, -0.1) is 0 Å². The normalized spacial score (nSPS) is 27.9. The number of hydrogen-bond acceptors (Lipinski definition) is 3. The predicted octanol–water partition coefficient (Wildman–Crippen LogP) is -0.208. The Kier molecular flexibility index (Phi) is 4.35. The molecular weight excluding hydrogens is 178 g/mol. The number of nitrogens with one attached hydrogen (secondary N) is 1. The summed E-state index contributed by atoms with van der Waals surface area (Å²) < 4.78 is 0. The lowest BCUT2D eigenvalue weighted by atomic mass is 10.1. The fraction of sp³-hybridized carbons (Fsp3) is 0.900. The van der Waals surface area contributed by atoms with Crippen molar-refractivity contribution in [1.82, 2.24) is 10.2 Å². The van der Waals surface area contributed by atoms with Crippen molar-refractivity contribution in [3.63, 3.8) is 0 Å². The van der Waals surface area contributed by atoms with Gasteiger partial charge in [0, 0.05) is 19.1 Å². The Hall–Kier alpha value is -0.610. The molecule has 1 heterocycles. The lowest BCUT2D eigenvalue weighted by Crippen LogP contribution is -2.39. The van der Waals surface area contributed by atoms with Crippen LogP contribution in [0, 0.1) is 5.92 Å². The van der Waals surface area contributed by atoms with E-state index in [4.69, 9.17) is 5.73 Å². The average Bonchev–Trinajstić information content (AvgIpc) is 2.48. The van der Waals surface area contributed by atoms with E-state index in [2.05, 4.69) is 17.1 Å². The molecule has 2 atom stereocenters. The number of nitrogens with zero attached hydrogens (tertiary/aromatic N) is 1. The summed E-state index contributed by atoms with van der Waals surface area (Å²) >= 11 is 0. The maximum Gasteiger partial charge on any atom is 0.234 e. The van der Waals surface area contributed by atoms with Crippen molar-refractivity contribution in [1.29, 1.82) is 0 Å². The van der Waals surface area contributed by atoms with Gasteiger partial charge in [0.25, 0.3) is 0 Å². The van der Waals surface area contributed by atoms with Gasteiger partial charge in [-0.3, -0.25) is 9.69 Å². The van der Waals surface area contributed by atoms with Gasteiger partial charge >= 0.3 is 0 Å². The Morgan fingerprint density at radius 2 is 2.36 bits per heavy atom. The third-order valence-electron chi connectivity index (χ3n) is 2.84. The molecule has 82 valence electrons. The number of carbonyl (C=O) groups excluding carboxylic acids is 1. The molecule has 1 amide bonds. The van der Waals surface area contributed by atoms with Crippen molar-refractivity contribution in [2.45, 2.75) is 26.3 Å². The van der Waals surface area contributed by atoms with Gasteiger partial charge in [0.1, 0.15) is 0 Å². The molecule has 14 heavy (non-hydrogen) atoms. The van der Waals surface area contributed by atoms with E-state index in [9.17, 15) is 4.79 Å². The van der Waals surface area contributed by atoms with Crippen LogP contribution in [0.25, 0.3) is 0 Å². The van der Waals surface area contributed by atoms with Crippen LogP contribution in [0.5, 0.6) is 0 Å². The van der Waals surface area contributed by atoms with E-state index < -0.39 is 0 Å². The van der Waals surface area contributed by atoms with E-state index in [1.165, 1.54) is 0 Å². The standard InChI is InChI=1S/C10H21N3O/c1-3-12-10(14)7-13-6-9(5-11)4-8(13)2/h8-9H,3-7,11H2,1-2H3,(H,12,14). The SMILES string of the molecule is CCNC(=O)CN1CC(CN)CC1C. The fourth-order valence-electron chi connectivity index (χ4n) is 2.05. The fourth-order valence-corrected chi connectivity index (χ4v) is 2.05. The van der Waals surface area contributed by atoms with Gasteiger partial charge in [-0.25, -0.2) is 0 Å². The van der Waals surface area contributed by atoms with Crippen LogP contribution in [0.3, 0.4) is 0 Å². The Morgan fingerprint density at radius 3 is 2.86 bits per heavy atom. The summed E-state index contributed by atoms with van der Waals surface area (Å²) in [5.41, 5.74) is 5.62. The first-order valence-electron chi connectivity index (χ1n) is 5.38. The van der Waals surface area contributed by atoms with E-state index in [0.29, 0.717) is 25.0 Å². The molecule has 1 rings (SSSR count). The molecular formula is C10H21N3O. The number of nitrogens with two attached hydrogens (primary N) is 1. The van der Waals surface area contributed by atoms with E-state index >= 15 is 0 Å². The number of likely N-dealkylation sites (tertiary alicyclic amines) is 1. The van der Waals surface area contributed by atoms with Crippen LogP contribution in [0.4, 0.5) is 0 Å². The smallest absolute Gasteiger partial charge is 0.234 e. The van der Waals surface area contributed by atoms with Gasteiger partial charge in [-0.05, 0) is 32.7 Å². The zero-order chi connectivity index (χ0) is 10.6. The molecule has 1 aliphatic rings. The number of rotatable bonds is 4. The van der Waals surface area contributed by atoms with Crippen LogP contribution >= 0.6 is 0 Å². The molecule has 2 unspecified atom stereocenters. The number of likely N-dealkylation sites (N-methyl/N-ethyl adjacent to an activating group) is 1. The summed E-state index contributed by atoms with van der Waals surface area (Å²) in [5, 5.41) is 2.81. The summed E-state index contributed by atoms with van der Waals surface area (Å²) in [6.45, 7) is 7.03. The first-order chi connectivity index (χ1) is 6.67. The number of carbonyl (C=O) groups is 1. The Morgan fingerprint density at radius 1 is 1.64 bits per heavy atom. The minimum Gasteiger partial charge on any atom is -0.355 e. The van der Waals surface area contributed by atoms with Crippen molar-refractivity contribution >= 4 is 5.91 Å². The van der Waals surface area contributed by atoms with Crippen molar-refractivity contribution in [2.75, 3.05) is 26.2 Å². The van der Waals surface area contributed by atoms with Gasteiger partial charge in [0.05, 0.1) is 6.54 Å². The first-order valence-corrected chi connectivity index (χ1v) is 5.38. The minimum absolute atomic E-state index is 0.122. The summed E-state index contributed by atoms with van der Waals surface area (Å²) in [7, 11) is 0. The predicted molar refractivity (Wildman–Crippen MR) is 56.9 cm³/mol. The lowest BCUT2D eigenvalue weighted by molar-refractivity contribution is -0.122. The van der Waals surface area contributed by atoms with Crippen molar-refractivity contribution in [3.05, 3.63) is 0 Å². The van der Waals surface area contributed by atoms with E-state index in [1.807, 2.05) is 6.92 Å². The molecule has 1 fully saturated rings. The average molecular weight is 199 g/mol. The van der Waals surface area contributed by atoms with Crippen molar-refractivity contribution in [2.24, 2.45) is 11.7 Å². The third kappa shape index (κ3) is 2.96. The zero-order valence-electron chi connectivity index (χ0n) is 9.12. The van der Waals surface area contributed by atoms with Crippen LogP contribution in [-0.2, 0) is 4.79 Å². The number of hydrogen-bond donors (Lipinski definition) is 2. The zero-order valence-corrected chi connectivity index (χ0v) is 9.12. The lowest BCUT2D eigenvalue weighted by Gasteiger charge is -2.19. The molecule has 0 aromatic heterocycles. The second kappa shape index (κ2) is 5.32. The highest BCUT2D eigenvalue weighted by Crippen LogP contribution is 2.21. The van der Waals surface area contributed by atoms with Crippen molar-refractivity contribution < 1.29 is 4.79 Å². The third-order valence-corrected chi connectivity index (χ3v) is 2.84. The second-order valence-corrected chi connectivity index (χ2v) is 4.07. The van der Waals surface area contributed by atoms with Gasteiger partial charge < -0.3 is 11.1 Å². The highest BCUT2D eigenvalue weighted by atomic mass is 16.2. The molecule has 0 bridgehead atoms. The Bertz CT molecular complexity index is 196. The second-order valence-electron chi connectivity index (χ2n) is 4.07. The van der Waals surface area contributed by atoms with E-state index in [-0.39, 0.29) is 5.91 Å². The topological polar surface area (TPSA) is 58.4 Å². The number of amides is 1. The Labute approximate surface area is 85.8 Å². The summed E-state index contributed by atoms with van der Waals surface area (Å²) in [6.07, 6.45) is 1.12. The van der Waals surface area contributed by atoms with E-state index in [1.54, 1.807) is 0 Å². The molecule has 0 spiro atoms. The van der Waals surface area contributed by atoms with E-state index in [0.717, 1.165) is 19.5 Å². The first kappa shape index (κ1) is 11.5. The molecule has 1 aliphatic heterocycles. The quantitative estimate of drug-likeness (QED) is 0.659. The molecule has 0 aromatic carbocycles. The van der Waals surface area contributed by atoms with Crippen LogP contribution in [-0.4, -0.2) is 43.0 Å². The van der Waals surface area contributed by atoms with Gasteiger partial charge in [-0.2, -0.15) is 0 Å². The van der Waals surface area contributed by atoms with Crippen LogP contribution in [0.2, 0.25) is 0 Å². The molecule has 0 saturated carbocycles. The molecule has 0 radical (unpaired) electrons. The molecule has 1 saturated heterocycles. The molecule has 4 heteroatoms. The molecule has 0 aromatic rings. The van der Waals surface area contributed by atoms with Crippen LogP contribution in [0.1, 0.15) is 20.3 Å². The summed E-state index contributed by atoms with van der Waals surface area (Å²) in [4.78, 5) is 13.6. The Balaban J connectivity index is 2.34. The van der Waals surface area contributed by atoms with Gasteiger partial charge in [-0.1, -0.05) is 0 Å². The molecule has 0 aliphatic carbocycles. The largest absolute Gasteiger partial charge is 0.355 e. The maximum absolute atomic E-state index is 11.4. The van der Waals surface area contributed by atoms with Gasteiger partial charge in [0.2, 0.25) is 5.91 Å².